The molecule has 23 heavy (non-hydrogen) atoms. The second-order valence-corrected chi connectivity index (χ2v) is 4.97. The van der Waals surface area contributed by atoms with Crippen molar-refractivity contribution in [3.8, 4) is 0 Å². The maximum atomic E-state index is 4.41. The molecule has 0 saturated heterocycles. The van der Waals surface area contributed by atoms with Crippen molar-refractivity contribution in [1.29, 1.82) is 0 Å². The van der Waals surface area contributed by atoms with Gasteiger partial charge in [-0.1, -0.05) is 6.07 Å². The first-order chi connectivity index (χ1) is 11.4. The highest BCUT2D eigenvalue weighted by atomic mass is 15.2. The predicted octanol–water partition coefficient (Wildman–Crippen LogP) is 2.43. The number of hydrogen-bond acceptors (Lipinski definition) is 6. The lowest BCUT2D eigenvalue weighted by Crippen LogP contribution is -2.05. The summed E-state index contributed by atoms with van der Waals surface area (Å²) in [5.41, 5.74) is 3.09. The molecule has 0 unspecified atom stereocenters. The van der Waals surface area contributed by atoms with Crippen molar-refractivity contribution >= 4 is 28.6 Å². The van der Waals surface area contributed by atoms with Gasteiger partial charge in [-0.2, -0.15) is 10.1 Å². The minimum Gasteiger partial charge on any atom is -0.350 e. The van der Waals surface area contributed by atoms with E-state index in [1.807, 2.05) is 18.2 Å². The van der Waals surface area contributed by atoms with E-state index < -0.39 is 0 Å². The maximum Gasteiger partial charge on any atom is 0.224 e. The van der Waals surface area contributed by atoms with Gasteiger partial charge in [0.2, 0.25) is 5.95 Å². The monoisotopic (exact) mass is 306 g/mol. The molecule has 8 nitrogen and oxygen atoms in total. The second kappa shape index (κ2) is 5.76. The Morgan fingerprint density at radius 3 is 2.96 bits per heavy atom. The molecule has 0 amide bonds. The topological polar surface area (TPSA) is 107 Å². The number of aromatic nitrogens is 6. The predicted molar refractivity (Wildman–Crippen MR) is 87.3 cm³/mol. The number of benzene rings is 1. The Labute approximate surface area is 131 Å². The van der Waals surface area contributed by atoms with Crippen LogP contribution in [0.3, 0.4) is 0 Å². The van der Waals surface area contributed by atoms with Gasteiger partial charge in [-0.15, -0.1) is 0 Å². The molecule has 4 N–H and O–H groups in total. The van der Waals surface area contributed by atoms with E-state index in [-0.39, 0.29) is 0 Å². The largest absolute Gasteiger partial charge is 0.350 e. The minimum atomic E-state index is 0.555. The van der Waals surface area contributed by atoms with Crippen molar-refractivity contribution in [2.75, 3.05) is 10.6 Å². The lowest BCUT2D eigenvalue weighted by Gasteiger charge is -2.07. The SMILES string of the molecule is c1cc(Nc2ccnc(NCc3ccc4nc[nH]c4c3)n2)[nH]n1. The number of hydrogen-bond donors (Lipinski definition) is 4. The van der Waals surface area contributed by atoms with Crippen LogP contribution in [0.15, 0.2) is 49.1 Å². The summed E-state index contributed by atoms with van der Waals surface area (Å²) in [5.74, 6) is 2.02. The molecule has 0 spiro atoms. The molecule has 0 aliphatic carbocycles. The van der Waals surface area contributed by atoms with Crippen LogP contribution in [-0.2, 0) is 6.54 Å². The number of nitrogens with zero attached hydrogens (tertiary/aromatic N) is 4. The summed E-state index contributed by atoms with van der Waals surface area (Å²) >= 11 is 0. The summed E-state index contributed by atoms with van der Waals surface area (Å²) in [6.45, 7) is 0.627. The quantitative estimate of drug-likeness (QED) is 0.451. The van der Waals surface area contributed by atoms with Gasteiger partial charge in [0.05, 0.1) is 23.6 Å². The molecule has 0 aliphatic heterocycles. The second-order valence-electron chi connectivity index (χ2n) is 4.97. The van der Waals surface area contributed by atoms with E-state index >= 15 is 0 Å². The van der Waals surface area contributed by atoms with Crippen LogP contribution in [-0.4, -0.2) is 30.1 Å². The van der Waals surface area contributed by atoms with Crippen molar-refractivity contribution in [1.82, 2.24) is 30.1 Å². The van der Waals surface area contributed by atoms with Crippen molar-refractivity contribution < 1.29 is 0 Å². The average molecular weight is 306 g/mol. The van der Waals surface area contributed by atoms with Crippen molar-refractivity contribution in [2.24, 2.45) is 0 Å². The fraction of sp³-hybridized carbons (Fsp3) is 0.0667. The summed E-state index contributed by atoms with van der Waals surface area (Å²) in [5, 5.41) is 13.0. The van der Waals surface area contributed by atoms with E-state index in [0.717, 1.165) is 22.4 Å². The van der Waals surface area contributed by atoms with Gasteiger partial charge in [-0.3, -0.25) is 5.10 Å². The van der Waals surface area contributed by atoms with E-state index in [1.54, 1.807) is 24.8 Å². The van der Waals surface area contributed by atoms with Gasteiger partial charge in [0.1, 0.15) is 11.6 Å². The maximum absolute atomic E-state index is 4.41. The Balaban J connectivity index is 1.45. The molecule has 0 radical (unpaired) electrons. The minimum absolute atomic E-state index is 0.555. The number of nitrogens with one attached hydrogen (secondary N) is 4. The standard InChI is InChI=1S/C15H14N8/c1-2-11-12(19-9-18-11)7-10(1)8-17-15-16-5-3-13(22-15)21-14-4-6-20-23-14/h1-7,9H,8H2,(H,18,19)(H3,16,17,20,21,22,23). The van der Waals surface area contributed by atoms with E-state index in [9.17, 15) is 0 Å². The molecule has 8 heteroatoms. The zero-order valence-electron chi connectivity index (χ0n) is 12.1. The van der Waals surface area contributed by atoms with Crippen LogP contribution in [0.2, 0.25) is 0 Å². The number of aromatic amines is 2. The van der Waals surface area contributed by atoms with E-state index in [1.165, 1.54) is 0 Å². The summed E-state index contributed by atoms with van der Waals surface area (Å²) in [4.78, 5) is 16.0. The van der Waals surface area contributed by atoms with Crippen LogP contribution < -0.4 is 10.6 Å². The van der Waals surface area contributed by atoms with E-state index in [4.69, 9.17) is 0 Å². The number of anilines is 3. The summed E-state index contributed by atoms with van der Waals surface area (Å²) < 4.78 is 0. The lowest BCUT2D eigenvalue weighted by molar-refractivity contribution is 1.05. The molecule has 0 saturated carbocycles. The number of fused-ring (bicyclic) bond motifs is 1. The van der Waals surface area contributed by atoms with Gasteiger partial charge < -0.3 is 15.6 Å². The van der Waals surface area contributed by atoms with Crippen LogP contribution in [0.4, 0.5) is 17.6 Å². The molecule has 114 valence electrons. The first-order valence-electron chi connectivity index (χ1n) is 7.12. The van der Waals surface area contributed by atoms with Crippen molar-refractivity contribution in [2.45, 2.75) is 6.54 Å². The van der Waals surface area contributed by atoms with Crippen LogP contribution in [0, 0.1) is 0 Å². The molecule has 0 fully saturated rings. The van der Waals surface area contributed by atoms with E-state index in [0.29, 0.717) is 18.3 Å². The first kappa shape index (κ1) is 13.3. The smallest absolute Gasteiger partial charge is 0.224 e. The first-order valence-corrected chi connectivity index (χ1v) is 7.12. The lowest BCUT2D eigenvalue weighted by atomic mass is 10.2. The Morgan fingerprint density at radius 2 is 2.04 bits per heavy atom. The summed E-state index contributed by atoms with van der Waals surface area (Å²) in [6.07, 6.45) is 5.07. The van der Waals surface area contributed by atoms with Crippen molar-refractivity contribution in [3.05, 3.63) is 54.6 Å². The van der Waals surface area contributed by atoms with Crippen LogP contribution in [0.5, 0.6) is 0 Å². The molecule has 0 bridgehead atoms. The Kier molecular flexibility index (Phi) is 3.32. The third kappa shape index (κ3) is 2.95. The molecule has 4 rings (SSSR count). The fourth-order valence-corrected chi connectivity index (χ4v) is 2.25. The Bertz CT molecular complexity index is 912. The van der Waals surface area contributed by atoms with Gasteiger partial charge >= 0.3 is 0 Å². The van der Waals surface area contributed by atoms with Gasteiger partial charge in [-0.05, 0) is 23.8 Å². The van der Waals surface area contributed by atoms with E-state index in [2.05, 4.69) is 46.8 Å². The molecular weight excluding hydrogens is 292 g/mol. The molecular formula is C15H14N8. The van der Waals surface area contributed by atoms with Gasteiger partial charge in [0, 0.05) is 18.8 Å². The molecule has 4 aromatic rings. The van der Waals surface area contributed by atoms with Crippen molar-refractivity contribution in [3.63, 3.8) is 0 Å². The normalized spacial score (nSPS) is 10.8. The molecule has 3 aromatic heterocycles. The number of H-pyrrole nitrogens is 2. The third-order valence-corrected chi connectivity index (χ3v) is 3.35. The van der Waals surface area contributed by atoms with Gasteiger partial charge in [0.25, 0.3) is 0 Å². The Morgan fingerprint density at radius 1 is 1.04 bits per heavy atom. The van der Waals surface area contributed by atoms with Gasteiger partial charge in [0.15, 0.2) is 0 Å². The average Bonchev–Trinajstić information content (AvgIpc) is 3.24. The highest BCUT2D eigenvalue weighted by Crippen LogP contribution is 2.14. The third-order valence-electron chi connectivity index (χ3n) is 3.35. The van der Waals surface area contributed by atoms with Crippen LogP contribution >= 0.6 is 0 Å². The highest BCUT2D eigenvalue weighted by Gasteiger charge is 2.02. The molecule has 0 aliphatic rings. The summed E-state index contributed by atoms with van der Waals surface area (Å²) in [6, 6.07) is 9.70. The molecule has 1 aromatic carbocycles. The molecule has 0 atom stereocenters. The zero-order valence-corrected chi connectivity index (χ0v) is 12.1. The fourth-order valence-electron chi connectivity index (χ4n) is 2.25. The van der Waals surface area contributed by atoms with Crippen LogP contribution in [0.25, 0.3) is 11.0 Å². The summed E-state index contributed by atoms with van der Waals surface area (Å²) in [7, 11) is 0. The van der Waals surface area contributed by atoms with Crippen LogP contribution in [0.1, 0.15) is 5.56 Å². The zero-order chi connectivity index (χ0) is 15.5. The molecule has 3 heterocycles. The number of imidazole rings is 1. The Hall–Kier alpha value is -3.42. The number of rotatable bonds is 5. The van der Waals surface area contributed by atoms with Gasteiger partial charge in [-0.25, -0.2) is 9.97 Å². The highest BCUT2D eigenvalue weighted by molar-refractivity contribution is 5.75.